The number of nitrogens with one attached hydrogen (secondary N) is 1. The first kappa shape index (κ1) is 15.2. The van der Waals surface area contributed by atoms with Crippen LogP contribution in [0, 0.1) is 6.92 Å². The quantitative estimate of drug-likeness (QED) is 0.842. The summed E-state index contributed by atoms with van der Waals surface area (Å²) < 4.78 is 28.3. The van der Waals surface area contributed by atoms with Crippen molar-refractivity contribution in [2.75, 3.05) is 16.8 Å². The molecule has 0 unspecified atom stereocenters. The number of hydrogen-bond donors (Lipinski definition) is 2. The van der Waals surface area contributed by atoms with Gasteiger partial charge in [0.05, 0.1) is 12.3 Å². The number of aryl methyl sites for hydroxylation is 1. The van der Waals surface area contributed by atoms with Gasteiger partial charge in [-0.15, -0.1) is 11.3 Å². The Morgan fingerprint density at radius 3 is 2.80 bits per heavy atom. The summed E-state index contributed by atoms with van der Waals surface area (Å²) in [5.41, 5.74) is 5.70. The van der Waals surface area contributed by atoms with E-state index in [-0.39, 0.29) is 16.5 Å². The van der Waals surface area contributed by atoms with E-state index in [1.807, 2.05) is 13.8 Å². The van der Waals surface area contributed by atoms with E-state index in [4.69, 9.17) is 5.73 Å². The summed E-state index contributed by atoms with van der Waals surface area (Å²) in [5, 5.41) is 4.46. The van der Waals surface area contributed by atoms with Gasteiger partial charge in [-0.1, -0.05) is 6.92 Å². The van der Waals surface area contributed by atoms with Crippen LogP contribution in [0.4, 0.5) is 10.8 Å². The Morgan fingerprint density at radius 2 is 2.20 bits per heavy atom. The molecule has 2 heterocycles. The van der Waals surface area contributed by atoms with Crippen molar-refractivity contribution < 1.29 is 8.42 Å². The average molecular weight is 332 g/mol. The summed E-state index contributed by atoms with van der Waals surface area (Å²) in [6, 6.07) is 0. The molecule has 3 N–H and O–H groups in total. The molecule has 0 atom stereocenters. The van der Waals surface area contributed by atoms with Gasteiger partial charge in [0.2, 0.25) is 0 Å². The van der Waals surface area contributed by atoms with Crippen LogP contribution in [0.5, 0.6) is 0 Å². The summed E-state index contributed by atoms with van der Waals surface area (Å²) in [6.45, 7) is 4.26. The number of aromatic nitrogens is 2. The highest BCUT2D eigenvalue weighted by Gasteiger charge is 2.24. The van der Waals surface area contributed by atoms with Crippen LogP contribution in [-0.4, -0.2) is 23.5 Å². The molecule has 2 aromatic heterocycles. The van der Waals surface area contributed by atoms with Gasteiger partial charge in [-0.05, 0) is 24.9 Å². The van der Waals surface area contributed by atoms with E-state index in [0.717, 1.165) is 21.4 Å². The van der Waals surface area contributed by atoms with Crippen LogP contribution in [0.15, 0.2) is 11.1 Å². The molecule has 0 radical (unpaired) electrons. The van der Waals surface area contributed by atoms with E-state index in [0.29, 0.717) is 18.0 Å². The summed E-state index contributed by atoms with van der Waals surface area (Å²) in [4.78, 5) is 5.46. The highest BCUT2D eigenvalue weighted by molar-refractivity contribution is 7.91. The fourth-order valence-corrected chi connectivity index (χ4v) is 5.06. The number of anilines is 2. The Labute approximate surface area is 126 Å². The van der Waals surface area contributed by atoms with Crippen LogP contribution in [-0.2, 0) is 16.4 Å². The molecule has 2 aromatic rings. The zero-order chi connectivity index (χ0) is 14.8. The predicted octanol–water partition coefficient (Wildman–Crippen LogP) is 2.29. The molecule has 0 saturated carbocycles. The molecule has 0 aromatic carbocycles. The SMILES string of the molecule is CCCS(=O)(=O)c1c(N)nsc1NCc1ncc(C)s1. The van der Waals surface area contributed by atoms with Gasteiger partial charge in [0, 0.05) is 11.1 Å². The summed E-state index contributed by atoms with van der Waals surface area (Å²) in [6.07, 6.45) is 2.33. The summed E-state index contributed by atoms with van der Waals surface area (Å²) in [5.74, 6) is 0.141. The Morgan fingerprint density at radius 1 is 1.45 bits per heavy atom. The maximum Gasteiger partial charge on any atom is 0.185 e. The molecule has 2 rings (SSSR count). The first-order chi connectivity index (χ1) is 9.44. The summed E-state index contributed by atoms with van der Waals surface area (Å²) >= 11 is 2.63. The third kappa shape index (κ3) is 3.28. The van der Waals surface area contributed by atoms with E-state index < -0.39 is 9.84 Å². The number of nitrogens with zero attached hydrogens (tertiary/aromatic N) is 2. The third-order valence-electron chi connectivity index (χ3n) is 2.53. The van der Waals surface area contributed by atoms with Crippen LogP contribution < -0.4 is 11.1 Å². The lowest BCUT2D eigenvalue weighted by atomic mass is 10.5. The molecule has 9 heteroatoms. The molecule has 0 spiro atoms. The first-order valence-electron chi connectivity index (χ1n) is 6.07. The van der Waals surface area contributed by atoms with Gasteiger partial charge in [0.1, 0.15) is 14.9 Å². The van der Waals surface area contributed by atoms with Crippen molar-refractivity contribution in [1.29, 1.82) is 0 Å². The van der Waals surface area contributed by atoms with Gasteiger partial charge in [-0.2, -0.15) is 4.37 Å². The molecule has 20 heavy (non-hydrogen) atoms. The van der Waals surface area contributed by atoms with Crippen molar-refractivity contribution in [3.63, 3.8) is 0 Å². The molecule has 0 amide bonds. The number of sulfone groups is 1. The van der Waals surface area contributed by atoms with Crippen LogP contribution in [0.25, 0.3) is 0 Å². The van der Waals surface area contributed by atoms with Crippen molar-refractivity contribution in [2.45, 2.75) is 31.7 Å². The van der Waals surface area contributed by atoms with Crippen molar-refractivity contribution in [3.05, 3.63) is 16.1 Å². The fraction of sp³-hybridized carbons (Fsp3) is 0.455. The second-order valence-electron chi connectivity index (χ2n) is 4.26. The Hall–Kier alpha value is -1.19. The minimum Gasteiger partial charge on any atom is -0.382 e. The van der Waals surface area contributed by atoms with Gasteiger partial charge in [-0.3, -0.25) is 0 Å². The normalized spacial score (nSPS) is 11.7. The minimum atomic E-state index is -3.38. The lowest BCUT2D eigenvalue weighted by molar-refractivity contribution is 0.595. The molecule has 110 valence electrons. The zero-order valence-electron chi connectivity index (χ0n) is 11.2. The Bertz CT molecular complexity index is 690. The topological polar surface area (TPSA) is 98.0 Å². The predicted molar refractivity (Wildman–Crippen MR) is 83.0 cm³/mol. The molecule has 0 fully saturated rings. The Kier molecular flexibility index (Phi) is 4.61. The second-order valence-corrected chi connectivity index (χ2v) is 8.40. The monoisotopic (exact) mass is 332 g/mol. The number of thiazole rings is 1. The number of nitrogens with two attached hydrogens (primary N) is 1. The highest BCUT2D eigenvalue weighted by atomic mass is 32.2. The fourth-order valence-electron chi connectivity index (χ4n) is 1.72. The summed E-state index contributed by atoms with van der Waals surface area (Å²) in [7, 11) is -3.38. The van der Waals surface area contributed by atoms with Crippen LogP contribution in [0.2, 0.25) is 0 Å². The Balaban J connectivity index is 2.21. The number of nitrogen functional groups attached to an aromatic ring is 1. The van der Waals surface area contributed by atoms with E-state index in [1.54, 1.807) is 17.5 Å². The largest absolute Gasteiger partial charge is 0.382 e. The van der Waals surface area contributed by atoms with E-state index in [9.17, 15) is 8.42 Å². The molecule has 6 nitrogen and oxygen atoms in total. The molecular weight excluding hydrogens is 316 g/mol. The highest BCUT2D eigenvalue weighted by Crippen LogP contribution is 2.33. The maximum atomic E-state index is 12.2. The van der Waals surface area contributed by atoms with E-state index >= 15 is 0 Å². The number of rotatable bonds is 6. The smallest absolute Gasteiger partial charge is 0.185 e. The van der Waals surface area contributed by atoms with Crippen LogP contribution in [0.1, 0.15) is 23.2 Å². The molecule has 0 saturated heterocycles. The lowest BCUT2D eigenvalue weighted by Gasteiger charge is -2.06. The molecule has 0 aliphatic heterocycles. The van der Waals surface area contributed by atoms with Crippen molar-refractivity contribution in [2.24, 2.45) is 0 Å². The van der Waals surface area contributed by atoms with Crippen LogP contribution >= 0.6 is 22.9 Å². The van der Waals surface area contributed by atoms with Gasteiger partial charge in [0.25, 0.3) is 0 Å². The van der Waals surface area contributed by atoms with Crippen molar-refractivity contribution in [3.8, 4) is 0 Å². The minimum absolute atomic E-state index is 0.0701. The molecule has 0 bridgehead atoms. The van der Waals surface area contributed by atoms with Gasteiger partial charge in [-0.25, -0.2) is 13.4 Å². The van der Waals surface area contributed by atoms with E-state index in [2.05, 4.69) is 14.7 Å². The van der Waals surface area contributed by atoms with Gasteiger partial charge >= 0.3 is 0 Å². The second kappa shape index (κ2) is 6.06. The first-order valence-corrected chi connectivity index (χ1v) is 9.31. The molecular formula is C11H16N4O2S3. The van der Waals surface area contributed by atoms with Crippen LogP contribution in [0.3, 0.4) is 0 Å². The van der Waals surface area contributed by atoms with E-state index in [1.165, 1.54) is 0 Å². The molecule has 0 aliphatic carbocycles. The van der Waals surface area contributed by atoms with Crippen molar-refractivity contribution in [1.82, 2.24) is 9.36 Å². The van der Waals surface area contributed by atoms with Gasteiger partial charge in [0.15, 0.2) is 15.7 Å². The third-order valence-corrected chi connectivity index (χ3v) is 6.37. The molecule has 0 aliphatic rings. The maximum absolute atomic E-state index is 12.2. The van der Waals surface area contributed by atoms with Gasteiger partial charge < -0.3 is 11.1 Å². The average Bonchev–Trinajstić information content (AvgIpc) is 2.93. The zero-order valence-corrected chi connectivity index (χ0v) is 13.7. The standard InChI is InChI=1S/C11H16N4O2S3/c1-3-4-20(16,17)9-10(12)15-19-11(9)14-6-8-13-5-7(2)18-8/h5,14H,3-4,6H2,1-2H3,(H2,12,15). The lowest BCUT2D eigenvalue weighted by Crippen LogP contribution is -2.10. The number of hydrogen-bond acceptors (Lipinski definition) is 8. The van der Waals surface area contributed by atoms with Crippen molar-refractivity contribution >= 4 is 43.5 Å².